The van der Waals surface area contributed by atoms with E-state index >= 15 is 0 Å². The highest BCUT2D eigenvalue weighted by molar-refractivity contribution is 5.67. The van der Waals surface area contributed by atoms with Gasteiger partial charge in [0.05, 0.1) is 11.8 Å². The van der Waals surface area contributed by atoms with Gasteiger partial charge in [0.15, 0.2) is 6.23 Å². The molecule has 10 heteroatoms. The third-order valence-corrected chi connectivity index (χ3v) is 4.08. The van der Waals surface area contributed by atoms with E-state index in [-0.39, 0.29) is 12.1 Å². The third kappa shape index (κ3) is 3.97. The van der Waals surface area contributed by atoms with Gasteiger partial charge in [0.25, 0.3) is 5.88 Å². The molecule has 4 N–H and O–H groups in total. The van der Waals surface area contributed by atoms with E-state index in [1.165, 1.54) is 6.92 Å². The Labute approximate surface area is 143 Å². The van der Waals surface area contributed by atoms with Crippen molar-refractivity contribution >= 4 is 6.09 Å². The molecule has 1 saturated heterocycles. The summed E-state index contributed by atoms with van der Waals surface area (Å²) in [7, 11) is 0. The van der Waals surface area contributed by atoms with Gasteiger partial charge in [-0.3, -0.25) is 4.57 Å². The highest BCUT2D eigenvalue weighted by Gasteiger charge is 2.43. The number of nitrogens with two attached hydrogens (primary N) is 1. The lowest BCUT2D eigenvalue weighted by Gasteiger charge is -2.22. The zero-order valence-electron chi connectivity index (χ0n) is 14.0. The van der Waals surface area contributed by atoms with E-state index < -0.39 is 48.0 Å². The molecule has 0 radical (unpaired) electrons. The minimum atomic E-state index is -1.43. The first kappa shape index (κ1) is 19.3. The summed E-state index contributed by atoms with van der Waals surface area (Å²) < 4.78 is 25.4. The number of primary amides is 1. The van der Waals surface area contributed by atoms with Crippen LogP contribution in [0.5, 0.6) is 5.88 Å². The highest BCUT2D eigenvalue weighted by atomic mass is 19.1. The fourth-order valence-electron chi connectivity index (χ4n) is 2.77. The van der Waals surface area contributed by atoms with Gasteiger partial charge in [-0.2, -0.15) is 9.37 Å². The van der Waals surface area contributed by atoms with E-state index in [9.17, 15) is 24.2 Å². The van der Waals surface area contributed by atoms with Crippen LogP contribution in [0.15, 0.2) is 4.79 Å². The normalized spacial score (nSPS) is 26.0. The van der Waals surface area contributed by atoms with Crippen molar-refractivity contribution in [2.45, 2.75) is 64.1 Å². The maximum absolute atomic E-state index is 14.7. The van der Waals surface area contributed by atoms with Crippen LogP contribution in [0.25, 0.3) is 0 Å². The second-order valence-corrected chi connectivity index (χ2v) is 5.92. The molecular weight excluding hydrogens is 337 g/mol. The van der Waals surface area contributed by atoms with Crippen molar-refractivity contribution < 1.29 is 28.9 Å². The number of aromatic nitrogens is 2. The van der Waals surface area contributed by atoms with Crippen LogP contribution in [0.2, 0.25) is 0 Å². The number of ether oxygens (including phenoxy) is 2. The van der Waals surface area contributed by atoms with Crippen molar-refractivity contribution in [2.24, 2.45) is 5.73 Å². The molecule has 25 heavy (non-hydrogen) atoms. The van der Waals surface area contributed by atoms with Crippen LogP contribution in [-0.4, -0.2) is 44.2 Å². The van der Waals surface area contributed by atoms with Crippen molar-refractivity contribution in [1.82, 2.24) is 9.55 Å². The van der Waals surface area contributed by atoms with E-state index in [2.05, 4.69) is 9.72 Å². The summed E-state index contributed by atoms with van der Waals surface area (Å²) in [6.45, 7) is 3.48. The number of unbranched alkanes of at least 4 members (excludes halogenated alkanes) is 2. The Hall–Kier alpha value is -2.04. The molecule has 140 valence electrons. The number of halogens is 1. The number of carbonyl (C=O) groups is 1. The number of hydrogen-bond acceptors (Lipinski definition) is 7. The van der Waals surface area contributed by atoms with Gasteiger partial charge in [-0.15, -0.1) is 0 Å². The average Bonchev–Trinajstić information content (AvgIpc) is 2.79. The van der Waals surface area contributed by atoms with Crippen molar-refractivity contribution in [1.29, 1.82) is 0 Å². The number of rotatable bonds is 6. The molecule has 0 bridgehead atoms. The van der Waals surface area contributed by atoms with Crippen LogP contribution in [0, 0.1) is 5.82 Å². The lowest BCUT2D eigenvalue weighted by Crippen LogP contribution is -2.38. The summed E-state index contributed by atoms with van der Waals surface area (Å²) in [6.07, 6.45) is -3.69. The van der Waals surface area contributed by atoms with E-state index in [1.54, 1.807) is 0 Å². The van der Waals surface area contributed by atoms with E-state index in [0.717, 1.165) is 17.4 Å². The number of hydrogen-bond donors (Lipinski definition) is 3. The Morgan fingerprint density at radius 3 is 2.60 bits per heavy atom. The number of carbonyl (C=O) groups excluding carboxylic acids is 1. The molecule has 2 heterocycles. The molecule has 2 rings (SSSR count). The summed E-state index contributed by atoms with van der Waals surface area (Å²) in [4.78, 5) is 26.6. The zero-order chi connectivity index (χ0) is 18.7. The van der Waals surface area contributed by atoms with Crippen molar-refractivity contribution in [3.05, 3.63) is 22.0 Å². The molecule has 9 nitrogen and oxygen atoms in total. The molecule has 4 atom stereocenters. The maximum atomic E-state index is 14.7. The van der Waals surface area contributed by atoms with Crippen LogP contribution >= 0.6 is 0 Å². The number of aliphatic hydroxyl groups is 2. The monoisotopic (exact) mass is 359 g/mol. The summed E-state index contributed by atoms with van der Waals surface area (Å²) in [5, 5.41) is 20.0. The van der Waals surface area contributed by atoms with Gasteiger partial charge < -0.3 is 25.4 Å². The molecule has 1 aromatic rings. The van der Waals surface area contributed by atoms with Gasteiger partial charge in [0.2, 0.25) is 5.82 Å². The molecule has 1 aliphatic rings. The molecule has 4 unspecified atom stereocenters. The molecule has 1 aliphatic heterocycles. The second-order valence-electron chi connectivity index (χ2n) is 5.92. The molecule has 0 saturated carbocycles. The standard InChI is InChI=1S/C15H22FN3O6/c1-3-4-5-6-8-9(16)12(25-14(17)22)18-15(23)19(8)13-11(21)10(20)7(2)24-13/h7,10-11,13,20-21H,3-6H2,1-2H3,(H2,17,22). The molecule has 0 aromatic carbocycles. The molecule has 1 amide bonds. The molecule has 0 aliphatic carbocycles. The first-order valence-electron chi connectivity index (χ1n) is 8.07. The van der Waals surface area contributed by atoms with Gasteiger partial charge in [-0.05, 0) is 19.8 Å². The first-order chi connectivity index (χ1) is 11.8. The summed E-state index contributed by atoms with van der Waals surface area (Å²) in [5.74, 6) is -1.85. The summed E-state index contributed by atoms with van der Waals surface area (Å²) in [5.41, 5.74) is 3.75. The number of amides is 1. The molecule has 1 aromatic heterocycles. The summed E-state index contributed by atoms with van der Waals surface area (Å²) >= 11 is 0. The van der Waals surface area contributed by atoms with Crippen molar-refractivity contribution in [3.63, 3.8) is 0 Å². The Kier molecular flexibility index (Phi) is 6.09. The van der Waals surface area contributed by atoms with Crippen LogP contribution in [-0.2, 0) is 11.2 Å². The minimum absolute atomic E-state index is 0.129. The Balaban J connectivity index is 2.51. The van der Waals surface area contributed by atoms with Crippen LogP contribution in [0.4, 0.5) is 9.18 Å². The van der Waals surface area contributed by atoms with Crippen molar-refractivity contribution in [3.8, 4) is 5.88 Å². The van der Waals surface area contributed by atoms with Crippen LogP contribution in [0.1, 0.15) is 45.0 Å². The third-order valence-electron chi connectivity index (χ3n) is 4.08. The van der Waals surface area contributed by atoms with Gasteiger partial charge >= 0.3 is 11.8 Å². The smallest absolute Gasteiger partial charge is 0.388 e. The predicted molar refractivity (Wildman–Crippen MR) is 83.5 cm³/mol. The first-order valence-corrected chi connectivity index (χ1v) is 8.07. The van der Waals surface area contributed by atoms with Gasteiger partial charge in [0.1, 0.15) is 12.2 Å². The van der Waals surface area contributed by atoms with Crippen LogP contribution < -0.4 is 16.2 Å². The summed E-state index contributed by atoms with van der Waals surface area (Å²) in [6, 6.07) is 0. The Bertz CT molecular complexity index is 695. The second kappa shape index (κ2) is 7.89. The maximum Gasteiger partial charge on any atom is 0.411 e. The Morgan fingerprint density at radius 1 is 1.40 bits per heavy atom. The SMILES string of the molecule is CCCCCc1c(F)c(OC(N)=O)nc(=O)n1C1OC(C)C(O)C1O. The van der Waals surface area contributed by atoms with Gasteiger partial charge in [0, 0.05) is 0 Å². The van der Waals surface area contributed by atoms with Gasteiger partial charge in [-0.25, -0.2) is 9.59 Å². The molecule has 1 fully saturated rings. The lowest BCUT2D eigenvalue weighted by atomic mass is 10.1. The Morgan fingerprint density at radius 2 is 2.08 bits per heavy atom. The van der Waals surface area contributed by atoms with E-state index in [4.69, 9.17) is 10.5 Å². The molecule has 0 spiro atoms. The average molecular weight is 359 g/mol. The van der Waals surface area contributed by atoms with E-state index in [1.807, 2.05) is 6.92 Å². The lowest BCUT2D eigenvalue weighted by molar-refractivity contribution is -0.0375. The number of nitrogens with zero attached hydrogens (tertiary/aromatic N) is 2. The minimum Gasteiger partial charge on any atom is -0.388 e. The number of aliphatic hydroxyl groups excluding tert-OH is 2. The quantitative estimate of drug-likeness (QED) is 0.618. The largest absolute Gasteiger partial charge is 0.411 e. The molecular formula is C15H22FN3O6. The zero-order valence-corrected chi connectivity index (χ0v) is 14.0. The highest BCUT2D eigenvalue weighted by Crippen LogP contribution is 2.31. The fourth-order valence-corrected chi connectivity index (χ4v) is 2.77. The van der Waals surface area contributed by atoms with Crippen LogP contribution in [0.3, 0.4) is 0 Å². The fraction of sp³-hybridized carbons (Fsp3) is 0.667. The topological polar surface area (TPSA) is 137 Å². The van der Waals surface area contributed by atoms with Crippen molar-refractivity contribution in [2.75, 3.05) is 0 Å². The predicted octanol–water partition coefficient (Wildman–Crippen LogP) is 0.212. The van der Waals surface area contributed by atoms with Gasteiger partial charge in [-0.1, -0.05) is 19.8 Å². The van der Waals surface area contributed by atoms with E-state index in [0.29, 0.717) is 6.42 Å².